The van der Waals surface area contributed by atoms with Crippen molar-refractivity contribution in [3.05, 3.63) is 88.5 Å². The summed E-state index contributed by atoms with van der Waals surface area (Å²) in [7, 11) is 1.62. The van der Waals surface area contributed by atoms with Crippen LogP contribution in [-0.4, -0.2) is 27.2 Å². The van der Waals surface area contributed by atoms with Crippen molar-refractivity contribution in [2.45, 2.75) is 30.7 Å². The second kappa shape index (κ2) is 9.40. The third-order valence-electron chi connectivity index (χ3n) is 5.70. The number of aliphatic hydroxyl groups is 1. The van der Waals surface area contributed by atoms with Crippen LogP contribution >= 0.6 is 11.8 Å². The van der Waals surface area contributed by atoms with Crippen molar-refractivity contribution in [3.8, 4) is 28.8 Å². The summed E-state index contributed by atoms with van der Waals surface area (Å²) in [5, 5.41) is 10.6. The van der Waals surface area contributed by atoms with E-state index in [9.17, 15) is 9.50 Å². The first kappa shape index (κ1) is 22.3. The lowest BCUT2D eigenvalue weighted by Gasteiger charge is -2.24. The molecule has 0 saturated heterocycles. The molecule has 2 aromatic heterocycles. The molecule has 5 rings (SSSR count). The fraction of sp³-hybridized carbons (Fsp3) is 0.192. The van der Waals surface area contributed by atoms with Crippen LogP contribution in [0.5, 0.6) is 17.4 Å². The molecule has 1 aliphatic heterocycles. The first-order chi connectivity index (χ1) is 16.6. The lowest BCUT2D eigenvalue weighted by Crippen LogP contribution is -2.13. The molecule has 0 fully saturated rings. The lowest BCUT2D eigenvalue weighted by molar-refractivity contribution is 0.278. The Labute approximate surface area is 200 Å². The fourth-order valence-electron chi connectivity index (χ4n) is 3.81. The van der Waals surface area contributed by atoms with Crippen LogP contribution in [-0.2, 0) is 18.8 Å². The normalized spacial score (nSPS) is 12.0. The molecule has 3 heterocycles. The summed E-state index contributed by atoms with van der Waals surface area (Å²) >= 11 is 1.55. The molecule has 0 atom stereocenters. The largest absolute Gasteiger partial charge is 0.497 e. The van der Waals surface area contributed by atoms with Gasteiger partial charge in [-0.3, -0.25) is 4.98 Å². The minimum absolute atomic E-state index is 0.128. The van der Waals surface area contributed by atoms with Crippen molar-refractivity contribution in [1.82, 2.24) is 15.0 Å². The van der Waals surface area contributed by atoms with Crippen molar-refractivity contribution in [1.29, 1.82) is 0 Å². The molecule has 4 aromatic rings. The quantitative estimate of drug-likeness (QED) is 0.258. The predicted octanol–water partition coefficient (Wildman–Crippen LogP) is 5.48. The van der Waals surface area contributed by atoms with E-state index in [1.165, 1.54) is 12.1 Å². The predicted molar refractivity (Wildman–Crippen MR) is 128 cm³/mol. The minimum Gasteiger partial charge on any atom is -0.497 e. The molecule has 0 bridgehead atoms. The standard InChI is InChI=1S/C26H22FN3O3S/c1-15-23-21(18(13-31)12-28-15)11-22-25(33-23)29-24(17-5-9-20(32-2)10-6-17)30-26(22)34-14-16-3-7-19(27)8-4-16/h3-10,12,31H,11,13-14H2,1-2H3. The molecule has 172 valence electrons. The Morgan fingerprint density at radius 2 is 1.82 bits per heavy atom. The van der Waals surface area contributed by atoms with Crippen LogP contribution < -0.4 is 9.47 Å². The van der Waals surface area contributed by atoms with Gasteiger partial charge in [0, 0.05) is 35.1 Å². The highest BCUT2D eigenvalue weighted by atomic mass is 32.2. The number of aryl methyl sites for hydroxylation is 1. The van der Waals surface area contributed by atoms with E-state index in [1.807, 2.05) is 31.2 Å². The summed E-state index contributed by atoms with van der Waals surface area (Å²) in [4.78, 5) is 14.0. The minimum atomic E-state index is -0.263. The molecule has 0 radical (unpaired) electrons. The first-order valence-corrected chi connectivity index (χ1v) is 11.7. The molecule has 0 unspecified atom stereocenters. The van der Waals surface area contributed by atoms with Crippen LogP contribution in [0, 0.1) is 12.7 Å². The zero-order chi connectivity index (χ0) is 23.7. The molecule has 0 amide bonds. The molecule has 0 saturated carbocycles. The molecule has 2 aromatic carbocycles. The van der Waals surface area contributed by atoms with E-state index < -0.39 is 0 Å². The Hall–Kier alpha value is -3.49. The van der Waals surface area contributed by atoms with Crippen LogP contribution in [0.1, 0.15) is 27.9 Å². The van der Waals surface area contributed by atoms with Crippen LogP contribution in [0.2, 0.25) is 0 Å². The number of halogens is 1. The van der Waals surface area contributed by atoms with E-state index >= 15 is 0 Å². The molecule has 0 spiro atoms. The van der Waals surface area contributed by atoms with Gasteiger partial charge in [-0.1, -0.05) is 12.1 Å². The SMILES string of the molecule is COc1ccc(-c2nc3c(c(SCc4ccc(F)cc4)n2)Cc2c(CO)cnc(C)c2O3)cc1. The highest BCUT2D eigenvalue weighted by molar-refractivity contribution is 7.98. The van der Waals surface area contributed by atoms with E-state index in [0.29, 0.717) is 29.6 Å². The van der Waals surface area contributed by atoms with Crippen molar-refractivity contribution in [3.63, 3.8) is 0 Å². The number of hydrogen-bond acceptors (Lipinski definition) is 7. The highest BCUT2D eigenvalue weighted by Crippen LogP contribution is 2.43. The first-order valence-electron chi connectivity index (χ1n) is 10.7. The van der Waals surface area contributed by atoms with Gasteiger partial charge in [-0.05, 0) is 48.9 Å². The molecule has 6 nitrogen and oxygen atoms in total. The third kappa shape index (κ3) is 4.34. The topological polar surface area (TPSA) is 77.4 Å². The average Bonchev–Trinajstić information content (AvgIpc) is 2.87. The van der Waals surface area contributed by atoms with Gasteiger partial charge in [0.25, 0.3) is 0 Å². The zero-order valence-electron chi connectivity index (χ0n) is 18.7. The summed E-state index contributed by atoms with van der Waals surface area (Å²) < 4.78 is 24.9. The van der Waals surface area contributed by atoms with Gasteiger partial charge in [-0.25, -0.2) is 9.37 Å². The summed E-state index contributed by atoms with van der Waals surface area (Å²) in [5.74, 6) is 2.75. The maximum Gasteiger partial charge on any atom is 0.227 e. The number of methoxy groups -OCH3 is 1. The van der Waals surface area contributed by atoms with Crippen molar-refractivity contribution >= 4 is 11.8 Å². The van der Waals surface area contributed by atoms with Gasteiger partial charge in [0.15, 0.2) is 11.6 Å². The number of benzene rings is 2. The Morgan fingerprint density at radius 1 is 1.06 bits per heavy atom. The maximum absolute atomic E-state index is 13.3. The van der Waals surface area contributed by atoms with Crippen molar-refractivity contribution in [2.75, 3.05) is 7.11 Å². The molecule has 1 aliphatic rings. The number of rotatable bonds is 6. The summed E-state index contributed by atoms with van der Waals surface area (Å²) in [6, 6.07) is 14.0. The van der Waals surface area contributed by atoms with E-state index in [4.69, 9.17) is 19.4 Å². The van der Waals surface area contributed by atoms with Crippen molar-refractivity contribution in [2.24, 2.45) is 0 Å². The number of fused-ring (bicyclic) bond motifs is 2. The second-order valence-corrected chi connectivity index (χ2v) is 8.86. The molecule has 1 N–H and O–H groups in total. The van der Waals surface area contributed by atoms with Gasteiger partial charge in [0.05, 0.1) is 25.0 Å². The van der Waals surface area contributed by atoms with E-state index in [1.54, 1.807) is 37.2 Å². The number of aliphatic hydroxyl groups excluding tert-OH is 1. The van der Waals surface area contributed by atoms with Gasteiger partial charge >= 0.3 is 0 Å². The molecular formula is C26H22FN3O3S. The van der Waals surface area contributed by atoms with Gasteiger partial charge in [0.2, 0.25) is 5.88 Å². The third-order valence-corrected chi connectivity index (χ3v) is 6.78. The molecular weight excluding hydrogens is 453 g/mol. The van der Waals surface area contributed by atoms with E-state index in [2.05, 4.69) is 4.98 Å². The average molecular weight is 476 g/mol. The zero-order valence-corrected chi connectivity index (χ0v) is 19.5. The Balaban J connectivity index is 1.57. The van der Waals surface area contributed by atoms with Crippen molar-refractivity contribution < 1.29 is 19.0 Å². The smallest absolute Gasteiger partial charge is 0.227 e. The number of aromatic nitrogens is 3. The van der Waals surface area contributed by atoms with Crippen LogP contribution in [0.3, 0.4) is 0 Å². The molecule has 34 heavy (non-hydrogen) atoms. The van der Waals surface area contributed by atoms with Gasteiger partial charge in [-0.15, -0.1) is 11.8 Å². The monoisotopic (exact) mass is 475 g/mol. The lowest BCUT2D eigenvalue weighted by atomic mass is 9.99. The molecule has 0 aliphatic carbocycles. The van der Waals surface area contributed by atoms with Crippen LogP contribution in [0.15, 0.2) is 59.8 Å². The number of pyridine rings is 1. The highest BCUT2D eigenvalue weighted by Gasteiger charge is 2.27. The summed E-state index contributed by atoms with van der Waals surface area (Å²) in [6.07, 6.45) is 2.21. The van der Waals surface area contributed by atoms with Gasteiger partial charge in [0.1, 0.15) is 16.6 Å². The maximum atomic E-state index is 13.3. The molecule has 8 heteroatoms. The number of thioether (sulfide) groups is 1. The second-order valence-electron chi connectivity index (χ2n) is 7.89. The van der Waals surface area contributed by atoms with Crippen LogP contribution in [0.4, 0.5) is 4.39 Å². The number of hydrogen-bond donors (Lipinski definition) is 1. The number of ether oxygens (including phenoxy) is 2. The fourth-order valence-corrected chi connectivity index (χ4v) is 4.80. The summed E-state index contributed by atoms with van der Waals surface area (Å²) in [6.45, 7) is 1.75. The Kier molecular flexibility index (Phi) is 6.17. The number of nitrogens with zero attached hydrogens (tertiary/aromatic N) is 3. The Morgan fingerprint density at radius 3 is 2.53 bits per heavy atom. The van der Waals surface area contributed by atoms with Crippen LogP contribution in [0.25, 0.3) is 11.4 Å². The van der Waals surface area contributed by atoms with E-state index in [-0.39, 0.29) is 12.4 Å². The summed E-state index contributed by atoms with van der Waals surface area (Å²) in [5.41, 5.74) is 5.03. The van der Waals surface area contributed by atoms with E-state index in [0.717, 1.165) is 44.3 Å². The Bertz CT molecular complexity index is 1350. The van der Waals surface area contributed by atoms with Gasteiger partial charge in [-0.2, -0.15) is 4.98 Å². The van der Waals surface area contributed by atoms with Gasteiger partial charge < -0.3 is 14.6 Å².